The summed E-state index contributed by atoms with van der Waals surface area (Å²) in [7, 11) is 3.31. The van der Waals surface area contributed by atoms with Crippen molar-refractivity contribution in [2.24, 2.45) is 0 Å². The lowest BCUT2D eigenvalue weighted by Gasteiger charge is -2.42. The predicted molar refractivity (Wildman–Crippen MR) is 179 cm³/mol. The molecule has 0 heterocycles. The van der Waals surface area contributed by atoms with Gasteiger partial charge in [0.2, 0.25) is 0 Å². The summed E-state index contributed by atoms with van der Waals surface area (Å²) in [6.07, 6.45) is 14.0. The van der Waals surface area contributed by atoms with Crippen LogP contribution in [0.4, 0.5) is 0 Å². The number of hydrogen-bond acceptors (Lipinski definition) is 2. The van der Waals surface area contributed by atoms with Gasteiger partial charge in [-0.2, -0.15) is 0 Å². The molecule has 0 aromatic heterocycles. The Hall–Kier alpha value is -2.31. The Morgan fingerprint density at radius 1 is 0.561 bits per heavy atom. The van der Waals surface area contributed by atoms with Crippen molar-refractivity contribution in [3.05, 3.63) is 65.7 Å². The van der Waals surface area contributed by atoms with Crippen LogP contribution in [0.1, 0.15) is 115 Å². The van der Waals surface area contributed by atoms with Gasteiger partial charge in [0, 0.05) is 11.1 Å². The summed E-state index contributed by atoms with van der Waals surface area (Å²) in [6.45, 7) is 9.72. The van der Waals surface area contributed by atoms with Crippen LogP contribution in [0, 0.1) is 0 Å². The van der Waals surface area contributed by atoms with Crippen molar-refractivity contribution in [2.75, 3.05) is 14.2 Å². The molecule has 5 rings (SSSR count). The fourth-order valence-electron chi connectivity index (χ4n) is 7.71. The SMILES string of the molecule is COc1ccccc1-c1cc(-c2ccccc2OC)c(C(C)C)c(P(C2CCCCC2)C2CCCCC2)c1C(C)C. The molecule has 2 saturated carbocycles. The number of methoxy groups -OCH3 is 2. The van der Waals surface area contributed by atoms with Crippen LogP contribution in [0.5, 0.6) is 11.5 Å². The molecule has 3 aromatic carbocycles. The summed E-state index contributed by atoms with van der Waals surface area (Å²) in [6, 6.07) is 19.8. The van der Waals surface area contributed by atoms with Crippen molar-refractivity contribution >= 4 is 13.2 Å². The van der Waals surface area contributed by atoms with E-state index < -0.39 is 0 Å². The molecule has 0 saturated heterocycles. The van der Waals surface area contributed by atoms with Crippen LogP contribution in [-0.2, 0) is 0 Å². The zero-order valence-electron chi connectivity index (χ0n) is 26.3. The first-order valence-corrected chi connectivity index (χ1v) is 17.7. The Morgan fingerprint density at radius 3 is 1.32 bits per heavy atom. The Morgan fingerprint density at radius 2 is 0.951 bits per heavy atom. The van der Waals surface area contributed by atoms with E-state index in [4.69, 9.17) is 9.47 Å². The number of hydrogen-bond donors (Lipinski definition) is 0. The molecule has 220 valence electrons. The van der Waals surface area contributed by atoms with Crippen LogP contribution >= 0.6 is 7.92 Å². The van der Waals surface area contributed by atoms with E-state index in [1.54, 1.807) is 16.4 Å². The third-order valence-electron chi connectivity index (χ3n) is 9.52. The molecule has 2 aliphatic rings. The van der Waals surface area contributed by atoms with Crippen molar-refractivity contribution in [2.45, 2.75) is 115 Å². The molecule has 2 nitrogen and oxygen atoms in total. The normalized spacial score (nSPS) is 17.0. The fraction of sp³-hybridized carbons (Fsp3) is 0.526. The number of rotatable bonds is 9. The molecule has 0 radical (unpaired) electrons. The van der Waals surface area contributed by atoms with Crippen molar-refractivity contribution < 1.29 is 9.47 Å². The van der Waals surface area contributed by atoms with E-state index in [-0.39, 0.29) is 7.92 Å². The van der Waals surface area contributed by atoms with Gasteiger partial charge in [0.25, 0.3) is 0 Å². The third-order valence-corrected chi connectivity index (χ3v) is 13.1. The minimum absolute atomic E-state index is 0.321. The molecule has 41 heavy (non-hydrogen) atoms. The van der Waals surface area contributed by atoms with E-state index in [1.807, 2.05) is 14.2 Å². The predicted octanol–water partition coefficient (Wildman–Crippen LogP) is 11.1. The molecule has 0 N–H and O–H groups in total. The largest absolute Gasteiger partial charge is 0.496 e. The van der Waals surface area contributed by atoms with Crippen LogP contribution in [0.2, 0.25) is 0 Å². The zero-order chi connectivity index (χ0) is 28.9. The van der Waals surface area contributed by atoms with E-state index >= 15 is 0 Å². The zero-order valence-corrected chi connectivity index (χ0v) is 27.2. The molecule has 0 amide bonds. The molecule has 0 atom stereocenters. The standard InChI is InChI=1S/C38H51O2P/c1-26(2)36-32(30-21-13-15-23-34(30)39-5)25-33(31-22-14-16-24-35(31)40-6)37(27(3)4)38(36)41(28-17-9-7-10-18-28)29-19-11-8-12-20-29/h13-16,21-29H,7-12,17-20H2,1-6H3. The van der Waals surface area contributed by atoms with Gasteiger partial charge in [-0.05, 0) is 94.6 Å². The average molecular weight is 571 g/mol. The van der Waals surface area contributed by atoms with Crippen LogP contribution in [0.25, 0.3) is 22.3 Å². The Balaban J connectivity index is 1.92. The number of benzene rings is 3. The van der Waals surface area contributed by atoms with E-state index in [0.717, 1.165) is 22.8 Å². The highest BCUT2D eigenvalue weighted by molar-refractivity contribution is 7.67. The fourth-order valence-corrected chi connectivity index (χ4v) is 12.2. The third kappa shape index (κ3) is 6.24. The van der Waals surface area contributed by atoms with Gasteiger partial charge in [-0.15, -0.1) is 0 Å². The second-order valence-corrected chi connectivity index (χ2v) is 15.6. The lowest BCUT2D eigenvalue weighted by Crippen LogP contribution is -2.31. The van der Waals surface area contributed by atoms with Crippen molar-refractivity contribution in [3.8, 4) is 33.8 Å². The Bertz CT molecular complexity index is 1200. The maximum Gasteiger partial charge on any atom is 0.126 e. The topological polar surface area (TPSA) is 18.5 Å². The highest BCUT2D eigenvalue weighted by Gasteiger charge is 2.38. The summed E-state index contributed by atoms with van der Waals surface area (Å²) < 4.78 is 12.0. The average Bonchev–Trinajstić information content (AvgIpc) is 3.01. The van der Waals surface area contributed by atoms with Gasteiger partial charge in [0.05, 0.1) is 14.2 Å². The highest BCUT2D eigenvalue weighted by atomic mass is 31.1. The lowest BCUT2D eigenvalue weighted by atomic mass is 9.83. The summed E-state index contributed by atoms with van der Waals surface area (Å²) in [5, 5.41) is 1.74. The number of ether oxygens (including phenoxy) is 2. The molecule has 2 fully saturated rings. The Kier molecular flexibility index (Phi) is 10.1. The minimum Gasteiger partial charge on any atom is -0.496 e. The van der Waals surface area contributed by atoms with E-state index in [0.29, 0.717) is 11.8 Å². The van der Waals surface area contributed by atoms with Gasteiger partial charge in [0.15, 0.2) is 0 Å². The van der Waals surface area contributed by atoms with Crippen molar-refractivity contribution in [1.29, 1.82) is 0 Å². The minimum atomic E-state index is -0.321. The van der Waals surface area contributed by atoms with Gasteiger partial charge in [-0.25, -0.2) is 0 Å². The van der Waals surface area contributed by atoms with Crippen LogP contribution in [-0.4, -0.2) is 25.5 Å². The maximum atomic E-state index is 6.02. The highest BCUT2D eigenvalue weighted by Crippen LogP contribution is 2.59. The second-order valence-electron chi connectivity index (χ2n) is 12.8. The summed E-state index contributed by atoms with van der Waals surface area (Å²) >= 11 is 0. The van der Waals surface area contributed by atoms with Crippen LogP contribution < -0.4 is 14.8 Å². The molecule has 0 unspecified atom stereocenters. The molecular weight excluding hydrogens is 519 g/mol. The van der Waals surface area contributed by atoms with Gasteiger partial charge in [-0.3, -0.25) is 0 Å². The smallest absolute Gasteiger partial charge is 0.126 e. The monoisotopic (exact) mass is 570 g/mol. The van der Waals surface area contributed by atoms with Gasteiger partial charge >= 0.3 is 0 Å². The lowest BCUT2D eigenvalue weighted by molar-refractivity contribution is 0.416. The van der Waals surface area contributed by atoms with Gasteiger partial charge in [-0.1, -0.05) is 111 Å². The van der Waals surface area contributed by atoms with Crippen molar-refractivity contribution in [1.82, 2.24) is 0 Å². The molecule has 3 aromatic rings. The van der Waals surface area contributed by atoms with E-state index in [2.05, 4.69) is 82.3 Å². The van der Waals surface area contributed by atoms with Crippen LogP contribution in [0.3, 0.4) is 0 Å². The Labute approximate surface area is 251 Å². The van der Waals surface area contributed by atoms with E-state index in [1.165, 1.54) is 86.5 Å². The maximum absolute atomic E-state index is 6.02. The number of para-hydroxylation sites is 2. The first-order valence-electron chi connectivity index (χ1n) is 16.2. The summed E-state index contributed by atoms with van der Waals surface area (Å²) in [5.41, 5.74) is 9.97. The van der Waals surface area contributed by atoms with Gasteiger partial charge in [0.1, 0.15) is 11.5 Å². The first kappa shape index (κ1) is 30.2. The molecule has 2 aliphatic carbocycles. The first-order chi connectivity index (χ1) is 20.0. The molecule has 0 bridgehead atoms. The van der Waals surface area contributed by atoms with Crippen LogP contribution in [0.15, 0.2) is 54.6 Å². The second kappa shape index (κ2) is 13.8. The quantitative estimate of drug-likeness (QED) is 0.238. The summed E-state index contributed by atoms with van der Waals surface area (Å²) in [4.78, 5) is 0. The van der Waals surface area contributed by atoms with E-state index in [9.17, 15) is 0 Å². The summed E-state index contributed by atoms with van der Waals surface area (Å²) in [5.74, 6) is 2.77. The van der Waals surface area contributed by atoms with Crippen molar-refractivity contribution in [3.63, 3.8) is 0 Å². The molecule has 0 spiro atoms. The molecule has 0 aliphatic heterocycles. The molecular formula is C38H51O2P. The molecule has 3 heteroatoms. The van der Waals surface area contributed by atoms with Gasteiger partial charge < -0.3 is 9.47 Å².